The van der Waals surface area contributed by atoms with Crippen molar-refractivity contribution >= 4 is 40.0 Å². The Morgan fingerprint density at radius 2 is 2.18 bits per heavy atom. The molecule has 0 saturated carbocycles. The maximum Gasteiger partial charge on any atom is 0.137 e. The van der Waals surface area contributed by atoms with E-state index in [1.54, 1.807) is 6.07 Å². The lowest BCUT2D eigenvalue weighted by Crippen LogP contribution is -1.91. The molecule has 1 aromatic carbocycles. The molecule has 11 heavy (non-hydrogen) atoms. The van der Waals surface area contributed by atoms with Crippen LogP contribution in [-0.4, -0.2) is 6.26 Å². The summed E-state index contributed by atoms with van der Waals surface area (Å²) >= 11 is 3.37. The van der Waals surface area contributed by atoms with E-state index in [0.717, 1.165) is 4.90 Å². The molecule has 60 valence electrons. The van der Waals surface area contributed by atoms with E-state index in [9.17, 15) is 4.39 Å². The zero-order valence-electron chi connectivity index (χ0n) is 5.90. The van der Waals surface area contributed by atoms with Crippen LogP contribution in [0.15, 0.2) is 17.0 Å². The Morgan fingerprint density at radius 1 is 1.55 bits per heavy atom. The van der Waals surface area contributed by atoms with Crippen LogP contribution in [0.4, 0.5) is 10.1 Å². The zero-order valence-corrected chi connectivity index (χ0v) is 8.87. The van der Waals surface area contributed by atoms with Crippen LogP contribution in [0.2, 0.25) is 0 Å². The lowest BCUT2D eigenvalue weighted by molar-refractivity contribution is 0.617. The molecule has 0 radical (unpaired) electrons. The third-order valence-electron chi connectivity index (χ3n) is 1.27. The molecule has 0 atom stereocenters. The normalized spacial score (nSPS) is 10.1. The number of thioether (sulfide) groups is 1. The average molecular weight is 283 g/mol. The van der Waals surface area contributed by atoms with Crippen molar-refractivity contribution in [1.29, 1.82) is 0 Å². The fourth-order valence-corrected chi connectivity index (χ4v) is 1.73. The summed E-state index contributed by atoms with van der Waals surface area (Å²) in [6, 6.07) is 3.10. The predicted octanol–water partition coefficient (Wildman–Crippen LogP) is 2.73. The summed E-state index contributed by atoms with van der Waals surface area (Å²) in [5, 5.41) is 0. The highest BCUT2D eigenvalue weighted by atomic mass is 127. The van der Waals surface area contributed by atoms with E-state index in [2.05, 4.69) is 0 Å². The van der Waals surface area contributed by atoms with Crippen LogP contribution in [-0.2, 0) is 0 Å². The quantitative estimate of drug-likeness (QED) is 0.487. The van der Waals surface area contributed by atoms with Gasteiger partial charge in [0.25, 0.3) is 0 Å². The zero-order chi connectivity index (χ0) is 8.43. The van der Waals surface area contributed by atoms with E-state index in [4.69, 9.17) is 5.73 Å². The molecule has 0 aliphatic heterocycles. The van der Waals surface area contributed by atoms with Crippen molar-refractivity contribution in [1.82, 2.24) is 0 Å². The Labute approximate surface area is 82.7 Å². The Kier molecular flexibility index (Phi) is 3.00. The molecule has 0 amide bonds. The second kappa shape index (κ2) is 3.62. The predicted molar refractivity (Wildman–Crippen MR) is 55.3 cm³/mol. The topological polar surface area (TPSA) is 26.0 Å². The average Bonchev–Trinajstić information content (AvgIpc) is 1.97. The molecule has 1 nitrogen and oxygen atoms in total. The number of rotatable bonds is 1. The molecule has 0 aliphatic rings. The molecule has 0 saturated heterocycles. The number of hydrogen-bond acceptors (Lipinski definition) is 2. The van der Waals surface area contributed by atoms with Gasteiger partial charge in [0.1, 0.15) is 5.82 Å². The second-order valence-corrected chi connectivity index (χ2v) is 4.02. The molecule has 0 aliphatic carbocycles. The SMILES string of the molecule is CSc1cc(F)c(I)cc1N. The van der Waals surface area contributed by atoms with E-state index in [1.165, 1.54) is 17.8 Å². The van der Waals surface area contributed by atoms with Crippen LogP contribution in [0.5, 0.6) is 0 Å². The van der Waals surface area contributed by atoms with Gasteiger partial charge in [-0.3, -0.25) is 0 Å². The molecule has 0 fully saturated rings. The molecule has 2 N–H and O–H groups in total. The fraction of sp³-hybridized carbons (Fsp3) is 0.143. The minimum atomic E-state index is -0.204. The van der Waals surface area contributed by atoms with Gasteiger partial charge < -0.3 is 5.73 Å². The third kappa shape index (κ3) is 1.99. The first-order chi connectivity index (χ1) is 5.15. The number of anilines is 1. The van der Waals surface area contributed by atoms with Gasteiger partial charge in [-0.1, -0.05) is 0 Å². The number of nitrogens with two attached hydrogens (primary N) is 1. The van der Waals surface area contributed by atoms with Crippen LogP contribution in [0.25, 0.3) is 0 Å². The third-order valence-corrected chi connectivity index (χ3v) is 2.89. The molecule has 4 heteroatoms. The Bertz CT molecular complexity index is 277. The molecule has 0 spiro atoms. The van der Waals surface area contributed by atoms with E-state index < -0.39 is 0 Å². The van der Waals surface area contributed by atoms with Gasteiger partial charge in [-0.25, -0.2) is 4.39 Å². The van der Waals surface area contributed by atoms with Crippen molar-refractivity contribution in [2.75, 3.05) is 12.0 Å². The van der Waals surface area contributed by atoms with Crippen molar-refractivity contribution in [2.24, 2.45) is 0 Å². The summed E-state index contributed by atoms with van der Waals surface area (Å²) in [5.41, 5.74) is 6.25. The van der Waals surface area contributed by atoms with Gasteiger partial charge in [0.15, 0.2) is 0 Å². The molecule has 0 heterocycles. The van der Waals surface area contributed by atoms with Gasteiger partial charge in [-0.2, -0.15) is 0 Å². The Balaban J connectivity index is 3.21. The van der Waals surface area contributed by atoms with Crippen LogP contribution < -0.4 is 5.73 Å². The number of halogens is 2. The van der Waals surface area contributed by atoms with Gasteiger partial charge in [-0.05, 0) is 41.0 Å². The smallest absolute Gasteiger partial charge is 0.137 e. The van der Waals surface area contributed by atoms with Crippen LogP contribution in [0.1, 0.15) is 0 Å². The van der Waals surface area contributed by atoms with Crippen molar-refractivity contribution < 1.29 is 4.39 Å². The van der Waals surface area contributed by atoms with E-state index in [0.29, 0.717) is 9.26 Å². The van der Waals surface area contributed by atoms with E-state index >= 15 is 0 Å². The molecular formula is C7H7FINS. The molecule has 0 aromatic heterocycles. The lowest BCUT2D eigenvalue weighted by atomic mass is 10.3. The number of nitrogen functional groups attached to an aromatic ring is 1. The molecule has 0 unspecified atom stereocenters. The maximum absolute atomic E-state index is 12.9. The standard InChI is InChI=1S/C7H7FINS/c1-11-7-2-4(8)5(9)3-6(7)10/h2-3H,10H2,1H3. The Hall–Kier alpha value is 0.0300. The summed E-state index contributed by atoms with van der Waals surface area (Å²) in [6.07, 6.45) is 1.87. The van der Waals surface area contributed by atoms with Gasteiger partial charge in [0.05, 0.1) is 3.57 Å². The summed E-state index contributed by atoms with van der Waals surface area (Å²) in [6.45, 7) is 0. The highest BCUT2D eigenvalue weighted by Crippen LogP contribution is 2.26. The van der Waals surface area contributed by atoms with E-state index in [1.807, 2.05) is 28.8 Å². The van der Waals surface area contributed by atoms with Crippen molar-refractivity contribution in [3.8, 4) is 0 Å². The maximum atomic E-state index is 12.9. The lowest BCUT2D eigenvalue weighted by Gasteiger charge is -2.02. The molecular weight excluding hydrogens is 276 g/mol. The van der Waals surface area contributed by atoms with Crippen LogP contribution in [0, 0.1) is 9.39 Å². The second-order valence-electron chi connectivity index (χ2n) is 2.01. The highest BCUT2D eigenvalue weighted by molar-refractivity contribution is 14.1. The minimum absolute atomic E-state index is 0.204. The largest absolute Gasteiger partial charge is 0.398 e. The summed E-state index contributed by atoms with van der Waals surface area (Å²) < 4.78 is 13.4. The first-order valence-corrected chi connectivity index (χ1v) is 5.24. The Morgan fingerprint density at radius 3 is 2.73 bits per heavy atom. The van der Waals surface area contributed by atoms with Gasteiger partial charge in [-0.15, -0.1) is 11.8 Å². The monoisotopic (exact) mass is 283 g/mol. The number of benzene rings is 1. The molecule has 1 aromatic rings. The molecule has 1 rings (SSSR count). The van der Waals surface area contributed by atoms with Crippen LogP contribution in [0.3, 0.4) is 0 Å². The van der Waals surface area contributed by atoms with Gasteiger partial charge >= 0.3 is 0 Å². The number of hydrogen-bond donors (Lipinski definition) is 1. The van der Waals surface area contributed by atoms with Crippen LogP contribution >= 0.6 is 34.4 Å². The molecule has 0 bridgehead atoms. The summed E-state index contributed by atoms with van der Waals surface area (Å²) in [5.74, 6) is -0.204. The summed E-state index contributed by atoms with van der Waals surface area (Å²) in [4.78, 5) is 0.794. The van der Waals surface area contributed by atoms with E-state index in [-0.39, 0.29) is 5.82 Å². The van der Waals surface area contributed by atoms with Crippen molar-refractivity contribution in [3.05, 3.63) is 21.5 Å². The van der Waals surface area contributed by atoms with Gasteiger partial charge in [0.2, 0.25) is 0 Å². The minimum Gasteiger partial charge on any atom is -0.398 e. The fourth-order valence-electron chi connectivity index (χ4n) is 0.721. The highest BCUT2D eigenvalue weighted by Gasteiger charge is 2.03. The van der Waals surface area contributed by atoms with Crippen molar-refractivity contribution in [3.63, 3.8) is 0 Å². The van der Waals surface area contributed by atoms with Crippen molar-refractivity contribution in [2.45, 2.75) is 4.90 Å². The first kappa shape index (κ1) is 9.12. The summed E-state index contributed by atoms with van der Waals surface area (Å²) in [7, 11) is 0. The first-order valence-electron chi connectivity index (χ1n) is 2.93. The van der Waals surface area contributed by atoms with Gasteiger partial charge in [0, 0.05) is 10.6 Å².